The molecule has 0 saturated heterocycles. The number of nitrogen functional groups attached to an aromatic ring is 1. The van der Waals surface area contributed by atoms with Crippen LogP contribution in [0, 0.1) is 11.3 Å². The molecular weight excluding hydrogens is 327 g/mol. The second-order valence-electron chi connectivity index (χ2n) is 3.19. The Balaban J connectivity index is 2.69. The lowest BCUT2D eigenvalue weighted by Gasteiger charge is -2.09. The van der Waals surface area contributed by atoms with Crippen molar-refractivity contribution in [1.29, 1.82) is 5.26 Å². The molecule has 0 aliphatic rings. The number of aromatic nitrogens is 2. The Morgan fingerprint density at radius 3 is 2.65 bits per heavy atom. The quantitative estimate of drug-likeness (QED) is 0.870. The van der Waals surface area contributed by atoms with Crippen molar-refractivity contribution >= 4 is 44.9 Å². The van der Waals surface area contributed by atoms with Crippen molar-refractivity contribution in [3.05, 3.63) is 38.4 Å². The third-order valence-electron chi connectivity index (χ3n) is 2.12. The van der Waals surface area contributed by atoms with Crippen LogP contribution in [-0.4, -0.2) is 9.78 Å². The minimum atomic E-state index is 0.234. The third kappa shape index (κ3) is 2.12. The van der Waals surface area contributed by atoms with E-state index in [9.17, 15) is 0 Å². The van der Waals surface area contributed by atoms with Gasteiger partial charge >= 0.3 is 0 Å². The Morgan fingerprint density at radius 2 is 2.12 bits per heavy atom. The number of nitriles is 1. The smallest absolute Gasteiger partial charge is 0.145 e. The van der Waals surface area contributed by atoms with Crippen molar-refractivity contribution in [2.75, 3.05) is 5.73 Å². The monoisotopic (exact) mass is 330 g/mol. The maximum atomic E-state index is 8.81. The van der Waals surface area contributed by atoms with Crippen molar-refractivity contribution in [2.24, 2.45) is 0 Å². The summed E-state index contributed by atoms with van der Waals surface area (Å²) in [5.41, 5.74) is 6.63. The molecule has 2 rings (SSSR count). The average Bonchev–Trinajstić information content (AvgIpc) is 2.59. The first-order valence-electron chi connectivity index (χ1n) is 4.43. The van der Waals surface area contributed by atoms with E-state index in [0.29, 0.717) is 25.8 Å². The van der Waals surface area contributed by atoms with Crippen molar-refractivity contribution < 1.29 is 0 Å². The number of benzene rings is 1. The summed E-state index contributed by atoms with van der Waals surface area (Å²) in [5.74, 6) is 0.234. The first-order chi connectivity index (χ1) is 8.04. The summed E-state index contributed by atoms with van der Waals surface area (Å²) in [4.78, 5) is 0. The fourth-order valence-electron chi connectivity index (χ4n) is 1.36. The summed E-state index contributed by atoms with van der Waals surface area (Å²) in [7, 11) is 0. The Bertz CT molecular complexity index is 607. The summed E-state index contributed by atoms with van der Waals surface area (Å²) < 4.78 is 2.04. The maximum absolute atomic E-state index is 8.81. The summed E-state index contributed by atoms with van der Waals surface area (Å²) in [6.07, 6.45) is 1.38. The minimum Gasteiger partial charge on any atom is -0.382 e. The van der Waals surface area contributed by atoms with E-state index in [1.807, 2.05) is 6.07 Å². The predicted molar refractivity (Wildman–Crippen MR) is 70.4 cm³/mol. The molecule has 0 amide bonds. The van der Waals surface area contributed by atoms with E-state index in [0.717, 1.165) is 0 Å². The van der Waals surface area contributed by atoms with Crippen molar-refractivity contribution in [3.63, 3.8) is 0 Å². The van der Waals surface area contributed by atoms with Gasteiger partial charge in [-0.05, 0) is 28.1 Å². The molecule has 2 aromatic rings. The molecule has 0 unspecified atom stereocenters. The van der Waals surface area contributed by atoms with Gasteiger partial charge in [0, 0.05) is 9.50 Å². The highest BCUT2D eigenvalue weighted by atomic mass is 79.9. The summed E-state index contributed by atoms with van der Waals surface area (Å²) in [6.45, 7) is 0. The molecule has 86 valence electrons. The number of halogens is 3. The van der Waals surface area contributed by atoms with Gasteiger partial charge in [-0.3, -0.25) is 0 Å². The average molecular weight is 332 g/mol. The summed E-state index contributed by atoms with van der Waals surface area (Å²) >= 11 is 15.3. The molecule has 2 N–H and O–H groups in total. The molecule has 0 atom stereocenters. The fourth-order valence-corrected chi connectivity index (χ4v) is 2.81. The highest BCUT2D eigenvalue weighted by Crippen LogP contribution is 2.33. The topological polar surface area (TPSA) is 67.6 Å². The molecule has 4 nitrogen and oxygen atoms in total. The van der Waals surface area contributed by atoms with Crippen LogP contribution < -0.4 is 5.73 Å². The number of anilines is 1. The number of hydrogen-bond donors (Lipinski definition) is 1. The van der Waals surface area contributed by atoms with Gasteiger partial charge in [-0.2, -0.15) is 10.4 Å². The molecule has 1 aromatic carbocycles. The number of nitrogens with two attached hydrogens (primary N) is 1. The lowest BCUT2D eigenvalue weighted by atomic mass is 10.3. The highest BCUT2D eigenvalue weighted by molar-refractivity contribution is 9.10. The van der Waals surface area contributed by atoms with Crippen LogP contribution in [0.4, 0.5) is 5.82 Å². The molecule has 7 heteroatoms. The van der Waals surface area contributed by atoms with Gasteiger partial charge in [-0.25, -0.2) is 4.68 Å². The lowest BCUT2D eigenvalue weighted by molar-refractivity contribution is 0.887. The molecule has 0 aliphatic carbocycles. The Morgan fingerprint density at radius 1 is 1.41 bits per heavy atom. The van der Waals surface area contributed by atoms with Crippen molar-refractivity contribution in [3.8, 4) is 11.8 Å². The van der Waals surface area contributed by atoms with Gasteiger partial charge in [0.05, 0.1) is 16.9 Å². The first-order valence-corrected chi connectivity index (χ1v) is 5.98. The van der Waals surface area contributed by atoms with Gasteiger partial charge in [-0.1, -0.05) is 23.2 Å². The van der Waals surface area contributed by atoms with Crippen LogP contribution in [0.2, 0.25) is 10.0 Å². The second kappa shape index (κ2) is 4.57. The van der Waals surface area contributed by atoms with Crippen molar-refractivity contribution in [1.82, 2.24) is 9.78 Å². The Hall–Kier alpha value is -1.22. The van der Waals surface area contributed by atoms with E-state index < -0.39 is 0 Å². The zero-order chi connectivity index (χ0) is 12.6. The predicted octanol–water partition coefficient (Wildman–Crippen LogP) is 3.40. The van der Waals surface area contributed by atoms with E-state index in [2.05, 4.69) is 21.0 Å². The molecule has 1 heterocycles. The Labute approximate surface area is 116 Å². The first kappa shape index (κ1) is 12.2. The van der Waals surface area contributed by atoms with Gasteiger partial charge < -0.3 is 5.73 Å². The number of hydrogen-bond acceptors (Lipinski definition) is 3. The molecule has 0 radical (unpaired) electrons. The molecule has 17 heavy (non-hydrogen) atoms. The molecular formula is C10H5BrCl2N4. The van der Waals surface area contributed by atoms with Crippen LogP contribution in [0.5, 0.6) is 0 Å². The summed E-state index contributed by atoms with van der Waals surface area (Å²) in [6, 6.07) is 5.20. The van der Waals surface area contributed by atoms with Gasteiger partial charge in [0.15, 0.2) is 0 Å². The molecule has 0 bridgehead atoms. The molecule has 1 aromatic heterocycles. The van der Waals surface area contributed by atoms with Gasteiger partial charge in [0.2, 0.25) is 0 Å². The van der Waals surface area contributed by atoms with E-state index in [4.69, 9.17) is 34.2 Å². The minimum absolute atomic E-state index is 0.234. The standard InChI is InChI=1S/C10H5BrCl2N4/c11-7-1-6(12)2-8(13)9(7)17-10(15)5(3-14)4-16-17/h1-2,4H,15H2. The zero-order valence-electron chi connectivity index (χ0n) is 8.28. The van der Waals surface area contributed by atoms with Crippen LogP contribution in [-0.2, 0) is 0 Å². The van der Waals surface area contributed by atoms with E-state index in [1.54, 1.807) is 12.1 Å². The van der Waals surface area contributed by atoms with Crippen LogP contribution in [0.1, 0.15) is 5.56 Å². The van der Waals surface area contributed by atoms with Crippen LogP contribution in [0.15, 0.2) is 22.8 Å². The Kier molecular flexibility index (Phi) is 3.29. The van der Waals surface area contributed by atoms with E-state index >= 15 is 0 Å². The van der Waals surface area contributed by atoms with E-state index in [-0.39, 0.29) is 5.82 Å². The second-order valence-corrected chi connectivity index (χ2v) is 4.88. The largest absolute Gasteiger partial charge is 0.382 e. The van der Waals surface area contributed by atoms with Crippen LogP contribution >= 0.6 is 39.1 Å². The molecule has 0 fully saturated rings. The highest BCUT2D eigenvalue weighted by Gasteiger charge is 2.15. The fraction of sp³-hybridized carbons (Fsp3) is 0. The SMILES string of the molecule is N#Cc1cnn(-c2c(Cl)cc(Cl)cc2Br)c1N. The van der Waals surface area contributed by atoms with Crippen LogP contribution in [0.3, 0.4) is 0 Å². The molecule has 0 saturated carbocycles. The van der Waals surface area contributed by atoms with E-state index in [1.165, 1.54) is 10.9 Å². The maximum Gasteiger partial charge on any atom is 0.145 e. The zero-order valence-corrected chi connectivity index (χ0v) is 11.4. The van der Waals surface area contributed by atoms with Gasteiger partial charge in [-0.15, -0.1) is 0 Å². The molecule has 0 spiro atoms. The van der Waals surface area contributed by atoms with Gasteiger partial charge in [0.1, 0.15) is 17.5 Å². The third-order valence-corrected chi connectivity index (χ3v) is 3.23. The van der Waals surface area contributed by atoms with Gasteiger partial charge in [0.25, 0.3) is 0 Å². The molecule has 0 aliphatic heterocycles. The summed E-state index contributed by atoms with van der Waals surface area (Å²) in [5, 5.41) is 13.7. The normalized spacial score (nSPS) is 10.2. The van der Waals surface area contributed by atoms with Crippen LogP contribution in [0.25, 0.3) is 5.69 Å². The van der Waals surface area contributed by atoms with Crippen molar-refractivity contribution in [2.45, 2.75) is 0 Å². The number of nitrogens with zero attached hydrogens (tertiary/aromatic N) is 3. The lowest BCUT2D eigenvalue weighted by Crippen LogP contribution is -2.04. The number of rotatable bonds is 1.